The third kappa shape index (κ3) is 3.15. The van der Waals surface area contributed by atoms with E-state index >= 15 is 0 Å². The molecule has 0 saturated heterocycles. The highest BCUT2D eigenvalue weighted by molar-refractivity contribution is 6.31. The van der Waals surface area contributed by atoms with Crippen LogP contribution >= 0.6 is 11.6 Å². The van der Waals surface area contributed by atoms with E-state index in [0.717, 1.165) is 5.69 Å². The number of benzene rings is 2. The normalized spacial score (nSPS) is 15.1. The van der Waals surface area contributed by atoms with Gasteiger partial charge in [-0.1, -0.05) is 41.9 Å². The predicted molar refractivity (Wildman–Crippen MR) is 100 cm³/mol. The van der Waals surface area contributed by atoms with Gasteiger partial charge < -0.3 is 4.74 Å². The third-order valence-corrected chi connectivity index (χ3v) is 4.42. The van der Waals surface area contributed by atoms with Crippen LogP contribution in [0.4, 0.5) is 4.39 Å². The number of aryl methyl sites for hydroxylation is 1. The van der Waals surface area contributed by atoms with Crippen LogP contribution in [0.1, 0.15) is 16.8 Å². The number of hydrogen-bond donors (Lipinski definition) is 0. The van der Waals surface area contributed by atoms with E-state index in [0.29, 0.717) is 16.4 Å². The number of rotatable bonds is 3. The lowest BCUT2D eigenvalue weighted by atomic mass is 10.2. The first-order chi connectivity index (χ1) is 13.0. The number of carbonyl (C=O) groups is 1. The van der Waals surface area contributed by atoms with Gasteiger partial charge in [0.15, 0.2) is 5.70 Å². The zero-order valence-electron chi connectivity index (χ0n) is 14.2. The predicted octanol–water partition coefficient (Wildman–Crippen LogP) is 4.32. The Hall–Kier alpha value is -3.25. The summed E-state index contributed by atoms with van der Waals surface area (Å²) >= 11 is 6.46. The van der Waals surface area contributed by atoms with E-state index in [-0.39, 0.29) is 17.2 Å². The molecule has 0 amide bonds. The van der Waals surface area contributed by atoms with Crippen LogP contribution in [0.3, 0.4) is 0 Å². The number of aromatic nitrogens is 2. The second kappa shape index (κ2) is 6.81. The second-order valence-electron chi connectivity index (χ2n) is 5.85. The SMILES string of the molecule is Cc1nn(-c2ccccc2)c(Cl)c1C=C1N=C(c2ccccc2F)OC1=O. The molecule has 5 nitrogen and oxygen atoms in total. The van der Waals surface area contributed by atoms with Gasteiger partial charge in [0.2, 0.25) is 5.90 Å². The number of carbonyl (C=O) groups excluding carboxylic acids is 1. The number of aliphatic imine (C=N–C) groups is 1. The topological polar surface area (TPSA) is 56.5 Å². The Morgan fingerprint density at radius 2 is 1.81 bits per heavy atom. The van der Waals surface area contributed by atoms with Crippen molar-refractivity contribution >= 4 is 29.5 Å². The maximum absolute atomic E-state index is 13.9. The van der Waals surface area contributed by atoms with E-state index < -0.39 is 11.8 Å². The van der Waals surface area contributed by atoms with Crippen molar-refractivity contribution in [1.82, 2.24) is 9.78 Å². The summed E-state index contributed by atoms with van der Waals surface area (Å²) in [6, 6.07) is 15.3. The molecule has 0 saturated carbocycles. The highest BCUT2D eigenvalue weighted by Gasteiger charge is 2.27. The molecule has 3 aromatic rings. The van der Waals surface area contributed by atoms with Crippen molar-refractivity contribution in [2.24, 2.45) is 4.99 Å². The molecular weight excluding hydrogens is 369 g/mol. The molecular formula is C20H13ClFN3O2. The summed E-state index contributed by atoms with van der Waals surface area (Å²) < 4.78 is 20.6. The van der Waals surface area contributed by atoms with Crippen molar-refractivity contribution in [2.75, 3.05) is 0 Å². The molecule has 1 aromatic heterocycles. The minimum atomic E-state index is -0.670. The molecule has 0 atom stereocenters. The molecule has 1 aliphatic rings. The quantitative estimate of drug-likeness (QED) is 0.501. The number of esters is 1. The van der Waals surface area contributed by atoms with Gasteiger partial charge in [-0.25, -0.2) is 18.9 Å². The fourth-order valence-corrected chi connectivity index (χ4v) is 3.04. The van der Waals surface area contributed by atoms with Crippen LogP contribution in [0.2, 0.25) is 5.15 Å². The molecule has 1 aliphatic heterocycles. The molecule has 2 aromatic carbocycles. The average Bonchev–Trinajstić information content (AvgIpc) is 3.17. The van der Waals surface area contributed by atoms with Crippen molar-refractivity contribution in [1.29, 1.82) is 0 Å². The minimum absolute atomic E-state index is 0.0332. The molecule has 134 valence electrons. The molecule has 4 rings (SSSR count). The fraction of sp³-hybridized carbons (Fsp3) is 0.0500. The van der Waals surface area contributed by atoms with Gasteiger partial charge in [0.1, 0.15) is 11.0 Å². The largest absolute Gasteiger partial charge is 0.402 e. The molecule has 0 radical (unpaired) electrons. The lowest BCUT2D eigenvalue weighted by Gasteiger charge is -2.01. The van der Waals surface area contributed by atoms with Gasteiger partial charge in [-0.3, -0.25) is 0 Å². The number of cyclic esters (lactones) is 1. The van der Waals surface area contributed by atoms with Crippen LogP contribution in [0, 0.1) is 12.7 Å². The first kappa shape index (κ1) is 17.2. The Labute approximate surface area is 159 Å². The summed E-state index contributed by atoms with van der Waals surface area (Å²) in [7, 11) is 0. The van der Waals surface area contributed by atoms with Crippen LogP contribution in [0.25, 0.3) is 11.8 Å². The lowest BCUT2D eigenvalue weighted by Crippen LogP contribution is -2.07. The van der Waals surface area contributed by atoms with Gasteiger partial charge in [0, 0.05) is 5.56 Å². The zero-order valence-corrected chi connectivity index (χ0v) is 14.9. The van der Waals surface area contributed by atoms with E-state index in [1.54, 1.807) is 23.7 Å². The molecule has 7 heteroatoms. The number of halogens is 2. The molecule has 0 N–H and O–H groups in total. The zero-order chi connectivity index (χ0) is 19.0. The number of ether oxygens (including phenoxy) is 1. The van der Waals surface area contributed by atoms with E-state index in [2.05, 4.69) is 10.1 Å². The molecule has 0 bridgehead atoms. The van der Waals surface area contributed by atoms with Gasteiger partial charge in [-0.2, -0.15) is 5.10 Å². The molecule has 0 unspecified atom stereocenters. The highest BCUT2D eigenvalue weighted by atomic mass is 35.5. The van der Waals surface area contributed by atoms with E-state index in [1.165, 1.54) is 18.2 Å². The Morgan fingerprint density at radius 1 is 1.11 bits per heavy atom. The Morgan fingerprint density at radius 3 is 2.56 bits per heavy atom. The summed E-state index contributed by atoms with van der Waals surface area (Å²) in [5.74, 6) is -1.26. The molecule has 0 spiro atoms. The second-order valence-corrected chi connectivity index (χ2v) is 6.21. The van der Waals surface area contributed by atoms with Crippen LogP contribution in [-0.4, -0.2) is 21.6 Å². The van der Waals surface area contributed by atoms with Crippen molar-refractivity contribution in [3.8, 4) is 5.69 Å². The summed E-state index contributed by atoms with van der Waals surface area (Å²) in [4.78, 5) is 16.3. The van der Waals surface area contributed by atoms with Gasteiger partial charge in [0.25, 0.3) is 0 Å². The van der Waals surface area contributed by atoms with Crippen molar-refractivity contribution < 1.29 is 13.9 Å². The number of hydrogen-bond acceptors (Lipinski definition) is 4. The number of para-hydroxylation sites is 1. The van der Waals surface area contributed by atoms with Gasteiger partial charge in [0.05, 0.1) is 16.9 Å². The van der Waals surface area contributed by atoms with Gasteiger partial charge in [-0.15, -0.1) is 0 Å². The van der Waals surface area contributed by atoms with Gasteiger partial charge >= 0.3 is 5.97 Å². The minimum Gasteiger partial charge on any atom is -0.402 e. The molecule has 2 heterocycles. The number of nitrogens with zero attached hydrogens (tertiary/aromatic N) is 3. The highest BCUT2D eigenvalue weighted by Crippen LogP contribution is 2.28. The summed E-state index contributed by atoms with van der Waals surface area (Å²) in [5.41, 5.74) is 2.12. The Kier molecular flexibility index (Phi) is 4.33. The van der Waals surface area contributed by atoms with Crippen molar-refractivity contribution in [3.63, 3.8) is 0 Å². The van der Waals surface area contributed by atoms with Crippen LogP contribution in [-0.2, 0) is 9.53 Å². The fourth-order valence-electron chi connectivity index (χ4n) is 2.71. The maximum atomic E-state index is 13.9. The van der Waals surface area contributed by atoms with Crippen LogP contribution in [0.5, 0.6) is 0 Å². The lowest BCUT2D eigenvalue weighted by molar-refractivity contribution is -0.129. The Bertz CT molecular complexity index is 1100. The van der Waals surface area contributed by atoms with Gasteiger partial charge in [-0.05, 0) is 37.3 Å². The maximum Gasteiger partial charge on any atom is 0.363 e. The smallest absolute Gasteiger partial charge is 0.363 e. The van der Waals surface area contributed by atoms with E-state index in [9.17, 15) is 9.18 Å². The molecule has 27 heavy (non-hydrogen) atoms. The monoisotopic (exact) mass is 381 g/mol. The van der Waals surface area contributed by atoms with Crippen molar-refractivity contribution in [2.45, 2.75) is 6.92 Å². The average molecular weight is 382 g/mol. The van der Waals surface area contributed by atoms with Crippen molar-refractivity contribution in [3.05, 3.63) is 88.1 Å². The first-order valence-electron chi connectivity index (χ1n) is 8.12. The summed E-state index contributed by atoms with van der Waals surface area (Å²) in [6.07, 6.45) is 1.50. The Balaban J connectivity index is 1.75. The van der Waals surface area contributed by atoms with E-state index in [4.69, 9.17) is 16.3 Å². The summed E-state index contributed by atoms with van der Waals surface area (Å²) in [6.45, 7) is 1.78. The van der Waals surface area contributed by atoms with Crippen LogP contribution in [0.15, 0.2) is 65.3 Å². The van der Waals surface area contributed by atoms with E-state index in [1.807, 2.05) is 30.3 Å². The molecule has 0 fully saturated rings. The first-order valence-corrected chi connectivity index (χ1v) is 8.50. The third-order valence-electron chi connectivity index (χ3n) is 4.05. The van der Waals surface area contributed by atoms with Crippen LogP contribution < -0.4 is 0 Å². The molecule has 0 aliphatic carbocycles. The standard InChI is InChI=1S/C20H13ClFN3O2/c1-12-15(18(21)25(24-12)13-7-3-2-4-8-13)11-17-20(26)27-19(23-17)14-9-5-6-10-16(14)22/h2-11H,1H3. The summed E-state index contributed by atoms with van der Waals surface area (Å²) in [5, 5.41) is 4.76.